The summed E-state index contributed by atoms with van der Waals surface area (Å²) in [5, 5.41) is 4.24. The molecule has 0 aliphatic heterocycles. The number of hydrogen-bond acceptors (Lipinski definition) is 2. The Labute approximate surface area is 130 Å². The number of rotatable bonds is 4. The molecule has 1 unspecified atom stereocenters. The number of aryl methyl sites for hydroxylation is 2. The molecule has 0 heterocycles. The van der Waals surface area contributed by atoms with Crippen LogP contribution >= 0.6 is 23.4 Å². The van der Waals surface area contributed by atoms with Crippen molar-refractivity contribution in [1.29, 1.82) is 0 Å². The third-order valence-corrected chi connectivity index (χ3v) is 4.75. The lowest BCUT2D eigenvalue weighted by atomic mass is 9.93. The highest BCUT2D eigenvalue weighted by Crippen LogP contribution is 2.29. The Morgan fingerprint density at radius 2 is 1.70 bits per heavy atom. The predicted octanol–water partition coefficient (Wildman–Crippen LogP) is 4.99. The van der Waals surface area contributed by atoms with Gasteiger partial charge in [-0.25, -0.2) is 0 Å². The molecular formula is C17H20ClNS. The van der Waals surface area contributed by atoms with Gasteiger partial charge in [0.05, 0.1) is 6.04 Å². The molecule has 1 N–H and O–H groups in total. The molecule has 1 nitrogen and oxygen atoms in total. The average Bonchev–Trinajstić information content (AvgIpc) is 2.46. The Morgan fingerprint density at radius 3 is 2.25 bits per heavy atom. The van der Waals surface area contributed by atoms with E-state index in [9.17, 15) is 0 Å². The Balaban J connectivity index is 2.43. The largest absolute Gasteiger partial charge is 0.309 e. The van der Waals surface area contributed by atoms with Crippen LogP contribution in [0.15, 0.2) is 41.3 Å². The van der Waals surface area contributed by atoms with Gasteiger partial charge in [-0.2, -0.15) is 0 Å². The van der Waals surface area contributed by atoms with Crippen LogP contribution in [0.2, 0.25) is 5.02 Å². The van der Waals surface area contributed by atoms with E-state index in [2.05, 4.69) is 55.8 Å². The molecule has 2 aromatic carbocycles. The summed E-state index contributed by atoms with van der Waals surface area (Å²) < 4.78 is 0. The molecular weight excluding hydrogens is 286 g/mol. The van der Waals surface area contributed by atoms with Crippen LogP contribution in [-0.4, -0.2) is 13.3 Å². The lowest BCUT2D eigenvalue weighted by Crippen LogP contribution is -2.18. The van der Waals surface area contributed by atoms with Crippen molar-refractivity contribution in [1.82, 2.24) is 5.32 Å². The van der Waals surface area contributed by atoms with E-state index in [1.54, 1.807) is 11.8 Å². The smallest absolute Gasteiger partial charge is 0.0577 e. The van der Waals surface area contributed by atoms with Crippen molar-refractivity contribution in [2.75, 3.05) is 13.3 Å². The Hall–Kier alpha value is -0.960. The summed E-state index contributed by atoms with van der Waals surface area (Å²) in [5.41, 5.74) is 4.89. The molecule has 0 aliphatic rings. The van der Waals surface area contributed by atoms with Crippen molar-refractivity contribution in [2.45, 2.75) is 24.8 Å². The van der Waals surface area contributed by atoms with E-state index in [-0.39, 0.29) is 6.04 Å². The number of halogens is 1. The zero-order valence-corrected chi connectivity index (χ0v) is 13.9. The molecule has 0 bridgehead atoms. The van der Waals surface area contributed by atoms with Crippen LogP contribution in [0, 0.1) is 13.8 Å². The molecule has 0 spiro atoms. The van der Waals surface area contributed by atoms with Crippen LogP contribution in [0.5, 0.6) is 0 Å². The maximum absolute atomic E-state index is 6.20. The monoisotopic (exact) mass is 305 g/mol. The highest BCUT2D eigenvalue weighted by Gasteiger charge is 2.15. The number of thioether (sulfide) groups is 1. The highest BCUT2D eigenvalue weighted by atomic mass is 35.5. The van der Waals surface area contributed by atoms with E-state index in [1.165, 1.54) is 21.6 Å². The van der Waals surface area contributed by atoms with Gasteiger partial charge < -0.3 is 5.32 Å². The molecule has 1 atom stereocenters. The molecule has 0 amide bonds. The summed E-state index contributed by atoms with van der Waals surface area (Å²) in [7, 11) is 2.00. The maximum atomic E-state index is 6.20. The van der Waals surface area contributed by atoms with Crippen LogP contribution in [0.1, 0.15) is 28.3 Å². The minimum absolute atomic E-state index is 0.196. The maximum Gasteiger partial charge on any atom is 0.0577 e. The van der Waals surface area contributed by atoms with Crippen molar-refractivity contribution in [3.63, 3.8) is 0 Å². The van der Waals surface area contributed by atoms with E-state index in [0.29, 0.717) is 0 Å². The molecule has 0 saturated heterocycles. The second-order valence-corrected chi connectivity index (χ2v) is 6.24. The second-order valence-electron chi connectivity index (χ2n) is 4.95. The lowest BCUT2D eigenvalue weighted by Gasteiger charge is -2.21. The summed E-state index contributed by atoms with van der Waals surface area (Å²) in [5.74, 6) is 0. The summed E-state index contributed by atoms with van der Waals surface area (Å²) >= 11 is 7.96. The summed E-state index contributed by atoms with van der Waals surface area (Å²) in [4.78, 5) is 1.28. The van der Waals surface area contributed by atoms with Gasteiger partial charge in [0.25, 0.3) is 0 Å². The van der Waals surface area contributed by atoms with Crippen molar-refractivity contribution < 1.29 is 0 Å². The summed E-state index contributed by atoms with van der Waals surface area (Å²) in [6.45, 7) is 4.16. The van der Waals surface area contributed by atoms with Crippen molar-refractivity contribution in [3.8, 4) is 0 Å². The van der Waals surface area contributed by atoms with Crippen molar-refractivity contribution >= 4 is 23.4 Å². The number of nitrogens with one attached hydrogen (secondary N) is 1. The van der Waals surface area contributed by atoms with Gasteiger partial charge in [0.15, 0.2) is 0 Å². The summed E-state index contributed by atoms with van der Waals surface area (Å²) in [6, 6.07) is 13.1. The van der Waals surface area contributed by atoms with Crippen molar-refractivity contribution in [2.24, 2.45) is 0 Å². The van der Waals surface area contributed by atoms with E-state index in [0.717, 1.165) is 10.6 Å². The Bertz CT molecular complexity index is 593. The van der Waals surface area contributed by atoms with Crippen LogP contribution in [-0.2, 0) is 0 Å². The van der Waals surface area contributed by atoms with Gasteiger partial charge in [0.2, 0.25) is 0 Å². The van der Waals surface area contributed by atoms with Crippen LogP contribution < -0.4 is 5.32 Å². The van der Waals surface area contributed by atoms with E-state index >= 15 is 0 Å². The van der Waals surface area contributed by atoms with E-state index < -0.39 is 0 Å². The van der Waals surface area contributed by atoms with Gasteiger partial charge in [0, 0.05) is 9.92 Å². The van der Waals surface area contributed by atoms with Gasteiger partial charge in [0.1, 0.15) is 0 Å². The molecule has 0 aliphatic carbocycles. The van der Waals surface area contributed by atoms with Crippen LogP contribution in [0.4, 0.5) is 0 Å². The Kier molecular flexibility index (Phi) is 5.14. The minimum atomic E-state index is 0.196. The van der Waals surface area contributed by atoms with Gasteiger partial charge in [-0.1, -0.05) is 29.8 Å². The second kappa shape index (κ2) is 6.66. The first-order chi connectivity index (χ1) is 9.56. The van der Waals surface area contributed by atoms with Gasteiger partial charge in [-0.15, -0.1) is 11.8 Å². The van der Waals surface area contributed by atoms with Gasteiger partial charge in [-0.05, 0) is 67.6 Å². The predicted molar refractivity (Wildman–Crippen MR) is 90.1 cm³/mol. The first kappa shape index (κ1) is 15.4. The SMILES string of the molecule is CNC(c1ccc(SC)cc1)c1cc(C)c(Cl)cc1C. The van der Waals surface area contributed by atoms with E-state index in [4.69, 9.17) is 11.6 Å². The quantitative estimate of drug-likeness (QED) is 0.799. The fourth-order valence-corrected chi connectivity index (χ4v) is 3.04. The molecule has 2 aromatic rings. The topological polar surface area (TPSA) is 12.0 Å². The molecule has 20 heavy (non-hydrogen) atoms. The van der Waals surface area contributed by atoms with Gasteiger partial charge in [-0.3, -0.25) is 0 Å². The Morgan fingerprint density at radius 1 is 1.05 bits per heavy atom. The lowest BCUT2D eigenvalue weighted by molar-refractivity contribution is 0.686. The molecule has 0 saturated carbocycles. The number of hydrogen-bond donors (Lipinski definition) is 1. The number of benzene rings is 2. The standard InChI is InChI=1S/C17H20ClNS/c1-11-10-16(18)12(2)9-15(11)17(19-3)13-5-7-14(20-4)8-6-13/h5-10,17,19H,1-4H3. The summed E-state index contributed by atoms with van der Waals surface area (Å²) in [6.07, 6.45) is 2.09. The highest BCUT2D eigenvalue weighted by molar-refractivity contribution is 7.98. The van der Waals surface area contributed by atoms with Crippen LogP contribution in [0.3, 0.4) is 0 Å². The van der Waals surface area contributed by atoms with Crippen LogP contribution in [0.25, 0.3) is 0 Å². The zero-order chi connectivity index (χ0) is 14.7. The normalized spacial score (nSPS) is 12.4. The minimum Gasteiger partial charge on any atom is -0.309 e. The van der Waals surface area contributed by atoms with E-state index in [1.807, 2.05) is 13.1 Å². The molecule has 2 rings (SSSR count). The third-order valence-electron chi connectivity index (χ3n) is 3.60. The molecule has 106 valence electrons. The molecule has 0 radical (unpaired) electrons. The fourth-order valence-electron chi connectivity index (χ4n) is 2.41. The average molecular weight is 306 g/mol. The van der Waals surface area contributed by atoms with Gasteiger partial charge >= 0.3 is 0 Å². The fraction of sp³-hybridized carbons (Fsp3) is 0.294. The molecule has 0 aromatic heterocycles. The first-order valence-corrected chi connectivity index (χ1v) is 8.25. The molecule has 0 fully saturated rings. The third kappa shape index (κ3) is 3.20. The molecule has 3 heteroatoms. The first-order valence-electron chi connectivity index (χ1n) is 6.64. The zero-order valence-electron chi connectivity index (χ0n) is 12.3. The van der Waals surface area contributed by atoms with Crippen molar-refractivity contribution in [3.05, 3.63) is 63.7 Å².